The van der Waals surface area contributed by atoms with Crippen molar-refractivity contribution in [2.24, 2.45) is 0 Å². The molecule has 0 aliphatic carbocycles. The topological polar surface area (TPSA) is 65.4 Å². The molecule has 3 rings (SSSR count). The Morgan fingerprint density at radius 1 is 1.15 bits per heavy atom. The number of rotatable bonds is 6. The first-order valence-electron chi connectivity index (χ1n) is 7.91. The minimum absolute atomic E-state index is 0.298. The molecule has 1 N–H and O–H groups in total. The van der Waals surface area contributed by atoms with Gasteiger partial charge in [-0.3, -0.25) is 9.48 Å². The summed E-state index contributed by atoms with van der Waals surface area (Å²) < 4.78 is 25.4. The molecule has 6 nitrogen and oxygen atoms in total. The molecule has 3 aromatic rings. The standard InChI is InChI=1S/C19H18FN3O3/c1-25-16-8-4-7-15(18(16)26-2)19(24)21-17-9-10-23(22-17)12-13-5-3-6-14(20)11-13/h3-11H,12H2,1-2H3,(H,21,22,24). The quantitative estimate of drug-likeness (QED) is 0.736. The van der Waals surface area contributed by atoms with Crippen LogP contribution >= 0.6 is 0 Å². The van der Waals surface area contributed by atoms with Gasteiger partial charge in [0, 0.05) is 12.3 Å². The lowest BCUT2D eigenvalue weighted by atomic mass is 10.1. The van der Waals surface area contributed by atoms with Gasteiger partial charge >= 0.3 is 0 Å². The fourth-order valence-electron chi connectivity index (χ4n) is 2.59. The van der Waals surface area contributed by atoms with Gasteiger partial charge in [0.25, 0.3) is 5.91 Å². The van der Waals surface area contributed by atoms with E-state index in [4.69, 9.17) is 9.47 Å². The molecule has 0 aliphatic rings. The van der Waals surface area contributed by atoms with Crippen molar-refractivity contribution in [3.63, 3.8) is 0 Å². The van der Waals surface area contributed by atoms with Gasteiger partial charge in [0.05, 0.1) is 26.3 Å². The van der Waals surface area contributed by atoms with Gasteiger partial charge < -0.3 is 14.8 Å². The van der Waals surface area contributed by atoms with Crippen LogP contribution in [0, 0.1) is 5.82 Å². The van der Waals surface area contributed by atoms with E-state index >= 15 is 0 Å². The molecule has 0 fully saturated rings. The lowest BCUT2D eigenvalue weighted by Gasteiger charge is -2.11. The summed E-state index contributed by atoms with van der Waals surface area (Å²) >= 11 is 0. The molecule has 134 valence electrons. The number of anilines is 1. The number of para-hydroxylation sites is 1. The van der Waals surface area contributed by atoms with Crippen LogP contribution in [0.5, 0.6) is 11.5 Å². The molecule has 0 spiro atoms. The van der Waals surface area contributed by atoms with E-state index in [1.807, 2.05) is 6.07 Å². The molecule has 0 aliphatic heterocycles. The number of amides is 1. The smallest absolute Gasteiger partial charge is 0.260 e. The zero-order chi connectivity index (χ0) is 18.5. The average molecular weight is 355 g/mol. The molecular weight excluding hydrogens is 337 g/mol. The highest BCUT2D eigenvalue weighted by Crippen LogP contribution is 2.31. The molecule has 2 aromatic carbocycles. The van der Waals surface area contributed by atoms with Crippen LogP contribution in [0.25, 0.3) is 0 Å². The highest BCUT2D eigenvalue weighted by molar-refractivity contribution is 6.06. The maximum atomic E-state index is 13.3. The van der Waals surface area contributed by atoms with Gasteiger partial charge in [-0.05, 0) is 29.8 Å². The highest BCUT2D eigenvalue weighted by Gasteiger charge is 2.17. The molecule has 7 heteroatoms. The Balaban J connectivity index is 1.74. The summed E-state index contributed by atoms with van der Waals surface area (Å²) in [6, 6.07) is 13.0. The van der Waals surface area contributed by atoms with Crippen LogP contribution in [0.2, 0.25) is 0 Å². The summed E-state index contributed by atoms with van der Waals surface area (Å²) in [4.78, 5) is 12.5. The molecular formula is C19H18FN3O3. The molecule has 26 heavy (non-hydrogen) atoms. The van der Waals surface area contributed by atoms with Gasteiger partial charge in [-0.25, -0.2) is 4.39 Å². The fraction of sp³-hybridized carbons (Fsp3) is 0.158. The Bertz CT molecular complexity index is 924. The first kappa shape index (κ1) is 17.5. The third-order valence-electron chi connectivity index (χ3n) is 3.76. The van der Waals surface area contributed by atoms with E-state index in [1.54, 1.807) is 41.2 Å². The van der Waals surface area contributed by atoms with Gasteiger partial charge in [0.1, 0.15) is 5.82 Å². The first-order chi connectivity index (χ1) is 12.6. The average Bonchev–Trinajstić information content (AvgIpc) is 3.07. The number of benzene rings is 2. The summed E-state index contributed by atoms with van der Waals surface area (Å²) in [7, 11) is 2.98. The predicted octanol–water partition coefficient (Wildman–Crippen LogP) is 3.34. The lowest BCUT2D eigenvalue weighted by Crippen LogP contribution is -2.14. The number of nitrogens with zero attached hydrogens (tertiary/aromatic N) is 2. The second kappa shape index (κ2) is 7.69. The van der Waals surface area contributed by atoms with E-state index in [2.05, 4.69) is 10.4 Å². The van der Waals surface area contributed by atoms with Gasteiger partial charge in [-0.1, -0.05) is 18.2 Å². The van der Waals surface area contributed by atoms with Crippen LogP contribution in [0.15, 0.2) is 54.7 Å². The van der Waals surface area contributed by atoms with Gasteiger partial charge in [0.15, 0.2) is 17.3 Å². The van der Waals surface area contributed by atoms with E-state index in [9.17, 15) is 9.18 Å². The molecule has 1 heterocycles. The van der Waals surface area contributed by atoms with Crippen LogP contribution in [-0.2, 0) is 6.54 Å². The summed E-state index contributed by atoms with van der Waals surface area (Å²) in [5.41, 5.74) is 1.12. The Kier molecular flexibility index (Phi) is 5.17. The van der Waals surface area contributed by atoms with Gasteiger partial charge in [0.2, 0.25) is 0 Å². The molecule has 1 amide bonds. The number of carbonyl (C=O) groups excluding carboxylic acids is 1. The molecule has 0 saturated heterocycles. The Labute approximate surface area is 150 Å². The number of methoxy groups -OCH3 is 2. The monoisotopic (exact) mass is 355 g/mol. The second-order valence-corrected chi connectivity index (χ2v) is 5.52. The molecule has 0 saturated carbocycles. The first-order valence-corrected chi connectivity index (χ1v) is 7.91. The molecule has 1 aromatic heterocycles. The Morgan fingerprint density at radius 2 is 1.96 bits per heavy atom. The zero-order valence-corrected chi connectivity index (χ0v) is 14.4. The molecule has 0 radical (unpaired) electrons. The van der Waals surface area contributed by atoms with Crippen molar-refractivity contribution in [2.45, 2.75) is 6.54 Å². The maximum Gasteiger partial charge on any atom is 0.260 e. The highest BCUT2D eigenvalue weighted by atomic mass is 19.1. The number of halogens is 1. The summed E-state index contributed by atoms with van der Waals surface area (Å²) in [6.07, 6.45) is 1.71. The van der Waals surface area contributed by atoms with E-state index in [0.717, 1.165) is 5.56 Å². The minimum Gasteiger partial charge on any atom is -0.493 e. The van der Waals surface area contributed by atoms with Crippen molar-refractivity contribution in [3.8, 4) is 11.5 Å². The second-order valence-electron chi connectivity index (χ2n) is 5.52. The normalized spacial score (nSPS) is 10.4. The van der Waals surface area contributed by atoms with Crippen LogP contribution in [0.1, 0.15) is 15.9 Å². The number of hydrogen-bond donors (Lipinski definition) is 1. The summed E-state index contributed by atoms with van der Waals surface area (Å²) in [5, 5.41) is 7.01. The number of nitrogens with one attached hydrogen (secondary N) is 1. The summed E-state index contributed by atoms with van der Waals surface area (Å²) in [6.45, 7) is 0.399. The Morgan fingerprint density at radius 3 is 2.69 bits per heavy atom. The number of ether oxygens (including phenoxy) is 2. The number of hydrogen-bond acceptors (Lipinski definition) is 4. The third-order valence-corrected chi connectivity index (χ3v) is 3.76. The van der Waals surface area contributed by atoms with Gasteiger partial charge in [-0.15, -0.1) is 0 Å². The third kappa shape index (κ3) is 3.83. The fourth-order valence-corrected chi connectivity index (χ4v) is 2.59. The van der Waals surface area contributed by atoms with E-state index in [-0.39, 0.29) is 11.7 Å². The van der Waals surface area contributed by atoms with Crippen molar-refractivity contribution >= 4 is 11.7 Å². The molecule has 0 atom stereocenters. The Hall–Kier alpha value is -3.35. The summed E-state index contributed by atoms with van der Waals surface area (Å²) in [5.74, 6) is 0.546. The molecule has 0 unspecified atom stereocenters. The number of aromatic nitrogens is 2. The largest absolute Gasteiger partial charge is 0.493 e. The van der Waals surface area contributed by atoms with Crippen molar-refractivity contribution in [2.75, 3.05) is 19.5 Å². The van der Waals surface area contributed by atoms with Crippen molar-refractivity contribution in [3.05, 3.63) is 71.7 Å². The maximum absolute atomic E-state index is 13.3. The minimum atomic E-state index is -0.364. The van der Waals surface area contributed by atoms with Gasteiger partial charge in [-0.2, -0.15) is 5.10 Å². The molecule has 0 bridgehead atoms. The van der Waals surface area contributed by atoms with E-state index in [0.29, 0.717) is 29.4 Å². The van der Waals surface area contributed by atoms with Crippen molar-refractivity contribution in [1.82, 2.24) is 9.78 Å². The van der Waals surface area contributed by atoms with Crippen LogP contribution in [-0.4, -0.2) is 29.9 Å². The van der Waals surface area contributed by atoms with E-state index in [1.165, 1.54) is 26.4 Å². The van der Waals surface area contributed by atoms with E-state index < -0.39 is 0 Å². The van der Waals surface area contributed by atoms with Crippen molar-refractivity contribution in [1.29, 1.82) is 0 Å². The SMILES string of the molecule is COc1cccc(C(=O)Nc2ccn(Cc3cccc(F)c3)n2)c1OC. The zero-order valence-electron chi connectivity index (χ0n) is 14.4. The van der Waals surface area contributed by atoms with Crippen LogP contribution in [0.4, 0.5) is 10.2 Å². The van der Waals surface area contributed by atoms with Crippen LogP contribution < -0.4 is 14.8 Å². The number of carbonyl (C=O) groups is 1. The lowest BCUT2D eigenvalue weighted by molar-refractivity contribution is 0.102. The van der Waals surface area contributed by atoms with Crippen LogP contribution in [0.3, 0.4) is 0 Å². The predicted molar refractivity (Wildman–Crippen MR) is 95.2 cm³/mol. The van der Waals surface area contributed by atoms with Crippen molar-refractivity contribution < 1.29 is 18.7 Å².